The molecule has 0 bridgehead atoms. The first-order chi connectivity index (χ1) is 17.9. The molecule has 1 fully saturated rings. The molecule has 2 amide bonds. The summed E-state index contributed by atoms with van der Waals surface area (Å²) in [4.78, 5) is 23.8. The van der Waals surface area contributed by atoms with Crippen LogP contribution in [0.1, 0.15) is 50.7 Å². The number of urea groups is 1. The summed E-state index contributed by atoms with van der Waals surface area (Å²) >= 11 is 0. The minimum atomic E-state index is -0.0225. The fourth-order valence-electron chi connectivity index (χ4n) is 4.22. The van der Waals surface area contributed by atoms with Crippen LogP contribution in [0.3, 0.4) is 0 Å². The molecule has 0 saturated carbocycles. The largest absolute Gasteiger partial charge is 0.496 e. The maximum Gasteiger partial charge on any atom is 0.324 e. The molecule has 3 rings (SSSR count). The van der Waals surface area contributed by atoms with Gasteiger partial charge in [0.15, 0.2) is 11.5 Å². The molecule has 0 N–H and O–H groups in total. The van der Waals surface area contributed by atoms with Crippen molar-refractivity contribution in [2.45, 2.75) is 52.6 Å². The number of ether oxygens (including phenoxy) is 3. The lowest BCUT2D eigenvalue weighted by Crippen LogP contribution is -2.49. The van der Waals surface area contributed by atoms with E-state index in [-0.39, 0.29) is 6.03 Å². The lowest BCUT2D eigenvalue weighted by atomic mass is 10.1. The van der Waals surface area contributed by atoms with Gasteiger partial charge >= 0.3 is 6.03 Å². The van der Waals surface area contributed by atoms with Crippen molar-refractivity contribution < 1.29 is 19.0 Å². The monoisotopic (exact) mass is 510 g/mol. The zero-order valence-electron chi connectivity index (χ0n) is 23.2. The molecular formula is C29H42N4O4. The van der Waals surface area contributed by atoms with Crippen LogP contribution in [0.2, 0.25) is 0 Å². The Bertz CT molecular complexity index is 1070. The van der Waals surface area contributed by atoms with E-state index in [1.807, 2.05) is 66.1 Å². The number of anilines is 1. The highest BCUT2D eigenvalue weighted by Gasteiger charge is 2.28. The van der Waals surface area contributed by atoms with Crippen molar-refractivity contribution in [3.63, 3.8) is 0 Å². The first-order valence-electron chi connectivity index (χ1n) is 13.1. The molecule has 2 aromatic rings. The van der Waals surface area contributed by atoms with E-state index in [9.17, 15) is 4.79 Å². The molecular weight excluding hydrogens is 468 g/mol. The van der Waals surface area contributed by atoms with Crippen LogP contribution in [0.15, 0.2) is 41.4 Å². The van der Waals surface area contributed by atoms with E-state index < -0.39 is 0 Å². The van der Waals surface area contributed by atoms with Crippen LogP contribution >= 0.6 is 0 Å². The number of amides is 2. The van der Waals surface area contributed by atoms with Gasteiger partial charge in [-0.2, -0.15) is 0 Å². The van der Waals surface area contributed by atoms with Crippen molar-refractivity contribution in [1.29, 1.82) is 0 Å². The van der Waals surface area contributed by atoms with Gasteiger partial charge < -0.3 is 24.0 Å². The lowest BCUT2D eigenvalue weighted by Gasteiger charge is -2.36. The average molecular weight is 511 g/mol. The Morgan fingerprint density at radius 2 is 1.78 bits per heavy atom. The summed E-state index contributed by atoms with van der Waals surface area (Å²) in [5.41, 5.74) is 2.86. The maximum atomic E-state index is 13.5. The first kappa shape index (κ1) is 28.2. The highest BCUT2D eigenvalue weighted by Crippen LogP contribution is 2.34. The Kier molecular flexibility index (Phi) is 10.5. The number of unbranched alkanes of at least 4 members (excludes halogenated alkanes) is 2. The Morgan fingerprint density at radius 1 is 1.00 bits per heavy atom. The summed E-state index contributed by atoms with van der Waals surface area (Å²) in [6.45, 7) is 7.21. The number of methoxy groups -OCH3 is 2. The Hall–Kier alpha value is -3.42. The van der Waals surface area contributed by atoms with Gasteiger partial charge in [0.25, 0.3) is 0 Å². The number of carbonyl (C=O) groups excluding carboxylic acids is 1. The Balaban J connectivity index is 1.73. The molecule has 0 unspecified atom stereocenters. The third-order valence-corrected chi connectivity index (χ3v) is 6.63. The minimum Gasteiger partial charge on any atom is -0.496 e. The topological polar surface area (TPSA) is 66.8 Å². The number of carbonyl (C=O) groups is 1. The maximum absolute atomic E-state index is 13.5. The van der Waals surface area contributed by atoms with Crippen molar-refractivity contribution in [1.82, 2.24) is 9.80 Å². The highest BCUT2D eigenvalue weighted by atomic mass is 16.5. The van der Waals surface area contributed by atoms with Gasteiger partial charge in [0, 0.05) is 44.5 Å². The molecule has 2 aromatic carbocycles. The van der Waals surface area contributed by atoms with Crippen LogP contribution in [0.4, 0.5) is 10.5 Å². The minimum absolute atomic E-state index is 0.0225. The van der Waals surface area contributed by atoms with Crippen LogP contribution in [-0.4, -0.2) is 69.7 Å². The SMILES string of the molecule is CCCCCOc1cc(N2CCCN(Cc3ccc(C/N=C(/C)N(C)C)cc3OC)C2=O)ccc1OC. The zero-order chi connectivity index (χ0) is 26.8. The number of nitrogens with zero attached hydrogens (tertiary/aromatic N) is 4. The molecule has 0 radical (unpaired) electrons. The van der Waals surface area contributed by atoms with Gasteiger partial charge in [0.2, 0.25) is 0 Å². The van der Waals surface area contributed by atoms with Crippen LogP contribution < -0.4 is 19.1 Å². The summed E-state index contributed by atoms with van der Waals surface area (Å²) in [6.07, 6.45) is 4.12. The summed E-state index contributed by atoms with van der Waals surface area (Å²) in [5.74, 6) is 3.09. The zero-order valence-corrected chi connectivity index (χ0v) is 23.2. The summed E-state index contributed by atoms with van der Waals surface area (Å²) in [6, 6.07) is 11.8. The van der Waals surface area contributed by atoms with Crippen LogP contribution in [-0.2, 0) is 13.1 Å². The van der Waals surface area contributed by atoms with Crippen molar-refractivity contribution >= 4 is 17.6 Å². The third kappa shape index (κ3) is 7.54. The molecule has 0 aromatic heterocycles. The predicted molar refractivity (Wildman–Crippen MR) is 149 cm³/mol. The Morgan fingerprint density at radius 3 is 2.49 bits per heavy atom. The molecule has 37 heavy (non-hydrogen) atoms. The lowest BCUT2D eigenvalue weighted by molar-refractivity contribution is 0.191. The number of hydrogen-bond donors (Lipinski definition) is 0. The fraction of sp³-hybridized carbons (Fsp3) is 0.517. The van der Waals surface area contributed by atoms with Crippen LogP contribution in [0.25, 0.3) is 0 Å². The summed E-state index contributed by atoms with van der Waals surface area (Å²) in [5, 5.41) is 0. The quantitative estimate of drug-likeness (QED) is 0.212. The molecule has 8 nitrogen and oxygen atoms in total. The summed E-state index contributed by atoms with van der Waals surface area (Å²) < 4.78 is 17.2. The number of hydrogen-bond acceptors (Lipinski definition) is 5. The van der Waals surface area contributed by atoms with Crippen molar-refractivity contribution in [3.05, 3.63) is 47.5 Å². The number of benzene rings is 2. The van der Waals surface area contributed by atoms with Gasteiger partial charge in [0.1, 0.15) is 5.75 Å². The van der Waals surface area contributed by atoms with Crippen LogP contribution in [0, 0.1) is 0 Å². The number of amidine groups is 1. The van der Waals surface area contributed by atoms with E-state index in [1.165, 1.54) is 0 Å². The predicted octanol–water partition coefficient (Wildman–Crippen LogP) is 5.59. The van der Waals surface area contributed by atoms with Gasteiger partial charge in [-0.15, -0.1) is 0 Å². The molecule has 1 saturated heterocycles. The van der Waals surface area contributed by atoms with E-state index >= 15 is 0 Å². The van der Waals surface area contributed by atoms with Gasteiger partial charge in [-0.05, 0) is 43.5 Å². The van der Waals surface area contributed by atoms with Crippen molar-refractivity contribution in [2.24, 2.45) is 4.99 Å². The van der Waals surface area contributed by atoms with E-state index in [1.54, 1.807) is 14.2 Å². The average Bonchev–Trinajstić information content (AvgIpc) is 2.91. The number of aliphatic imine (C=N–C) groups is 1. The smallest absolute Gasteiger partial charge is 0.324 e. The molecule has 8 heteroatoms. The van der Waals surface area contributed by atoms with E-state index in [0.29, 0.717) is 44.3 Å². The van der Waals surface area contributed by atoms with Gasteiger partial charge in [-0.1, -0.05) is 31.9 Å². The normalized spacial score (nSPS) is 14.1. The van der Waals surface area contributed by atoms with Crippen molar-refractivity contribution in [2.75, 3.05) is 52.9 Å². The second-order valence-corrected chi connectivity index (χ2v) is 9.50. The third-order valence-electron chi connectivity index (χ3n) is 6.63. The molecule has 0 atom stereocenters. The number of rotatable bonds is 12. The standard InChI is InChI=1S/C29H42N4O4/c1-7-8-9-17-37-28-19-25(13-14-26(28)35-5)33-16-10-15-32(29(33)34)21-24-12-11-23(18-27(24)36-6)20-30-22(2)31(3)4/h11-14,18-19H,7-10,15-17,20-21H2,1-6H3/b30-22-. The second-order valence-electron chi connectivity index (χ2n) is 9.50. The van der Waals surface area contributed by atoms with Gasteiger partial charge in [-0.3, -0.25) is 9.89 Å². The van der Waals surface area contributed by atoms with Gasteiger partial charge in [-0.25, -0.2) is 4.79 Å². The molecule has 0 spiro atoms. The molecule has 202 valence electrons. The first-order valence-corrected chi connectivity index (χ1v) is 13.1. The molecule has 1 aliphatic heterocycles. The highest BCUT2D eigenvalue weighted by molar-refractivity contribution is 5.93. The van der Waals surface area contributed by atoms with Crippen molar-refractivity contribution in [3.8, 4) is 17.2 Å². The van der Waals surface area contributed by atoms with E-state index in [0.717, 1.165) is 54.1 Å². The second kappa shape index (κ2) is 13.8. The molecule has 0 aliphatic carbocycles. The molecule has 1 heterocycles. The van der Waals surface area contributed by atoms with E-state index in [2.05, 4.69) is 18.0 Å². The fourth-order valence-corrected chi connectivity index (χ4v) is 4.22. The van der Waals surface area contributed by atoms with Crippen LogP contribution in [0.5, 0.6) is 17.2 Å². The van der Waals surface area contributed by atoms with E-state index in [4.69, 9.17) is 14.2 Å². The van der Waals surface area contributed by atoms with Gasteiger partial charge in [0.05, 0.1) is 39.8 Å². The Labute approximate surface area is 221 Å². The molecule has 1 aliphatic rings. The summed E-state index contributed by atoms with van der Waals surface area (Å²) in [7, 11) is 7.26.